The van der Waals surface area contributed by atoms with Crippen LogP contribution < -0.4 is 11.3 Å². The van der Waals surface area contributed by atoms with Crippen LogP contribution in [-0.2, 0) is 7.05 Å². The van der Waals surface area contributed by atoms with Gasteiger partial charge in [0.15, 0.2) is 0 Å². The van der Waals surface area contributed by atoms with E-state index in [9.17, 15) is 25.0 Å². The topological polar surface area (TPSA) is 147 Å². The molecule has 0 unspecified atom stereocenters. The number of aryl methyl sites for hydroxylation is 1. The van der Waals surface area contributed by atoms with Crippen molar-refractivity contribution >= 4 is 28.1 Å². The Kier molecular flexibility index (Phi) is 3.64. The zero-order valence-corrected chi connectivity index (χ0v) is 12.9. The molecule has 0 amide bonds. The largest absolute Gasteiger partial charge is 0.398 e. The number of nitro benzene ring substituents is 2. The molecular formula is C15H11N5O5. The molecule has 0 aliphatic heterocycles. The second-order valence-corrected chi connectivity index (χ2v) is 5.28. The standard InChI is InChI=1S/C15H11N5O5/c1-18-13-5-3-9(20(24)25)7-12(13)17-14(15(18)21)10-6-8(19(22)23)2-4-11(10)16/h2-7H,16H2,1H3. The smallest absolute Gasteiger partial charge is 0.277 e. The zero-order chi connectivity index (χ0) is 18.3. The van der Waals surface area contributed by atoms with E-state index in [1.54, 1.807) is 0 Å². The Labute approximate surface area is 139 Å². The van der Waals surface area contributed by atoms with Crippen molar-refractivity contribution in [1.29, 1.82) is 0 Å². The lowest BCUT2D eigenvalue weighted by molar-refractivity contribution is -0.385. The van der Waals surface area contributed by atoms with Gasteiger partial charge < -0.3 is 10.3 Å². The molecule has 0 saturated heterocycles. The Balaban J connectivity index is 2.35. The minimum atomic E-state index is -0.612. The third-order valence-electron chi connectivity index (χ3n) is 3.77. The average molecular weight is 341 g/mol. The lowest BCUT2D eigenvalue weighted by Gasteiger charge is -2.09. The van der Waals surface area contributed by atoms with E-state index in [0.717, 1.165) is 6.07 Å². The van der Waals surface area contributed by atoms with Gasteiger partial charge in [-0.25, -0.2) is 4.98 Å². The Bertz CT molecular complexity index is 1110. The SMILES string of the molecule is Cn1c(=O)c(-c2cc([N+](=O)[O-])ccc2N)nc2cc([N+](=O)[O-])ccc21. The van der Waals surface area contributed by atoms with Crippen LogP contribution in [0.4, 0.5) is 17.1 Å². The second-order valence-electron chi connectivity index (χ2n) is 5.28. The minimum Gasteiger partial charge on any atom is -0.398 e. The minimum absolute atomic E-state index is 0.100. The van der Waals surface area contributed by atoms with Crippen molar-refractivity contribution in [3.05, 3.63) is 67.0 Å². The molecule has 2 aromatic carbocycles. The van der Waals surface area contributed by atoms with Gasteiger partial charge in [-0.3, -0.25) is 25.0 Å². The fourth-order valence-corrected chi connectivity index (χ4v) is 2.47. The molecule has 0 spiro atoms. The van der Waals surface area contributed by atoms with Crippen molar-refractivity contribution in [3.63, 3.8) is 0 Å². The summed E-state index contributed by atoms with van der Waals surface area (Å²) >= 11 is 0. The summed E-state index contributed by atoms with van der Waals surface area (Å²) < 4.78 is 1.26. The summed E-state index contributed by atoms with van der Waals surface area (Å²) in [5, 5.41) is 21.9. The zero-order valence-electron chi connectivity index (χ0n) is 12.9. The molecule has 0 bridgehead atoms. The van der Waals surface area contributed by atoms with Crippen LogP contribution in [0.25, 0.3) is 22.3 Å². The molecule has 0 aliphatic rings. The molecule has 3 aromatic rings. The molecule has 1 heterocycles. The van der Waals surface area contributed by atoms with Gasteiger partial charge in [-0.1, -0.05) is 0 Å². The summed E-state index contributed by atoms with van der Waals surface area (Å²) in [6.45, 7) is 0. The number of hydrogen-bond acceptors (Lipinski definition) is 7. The van der Waals surface area contributed by atoms with E-state index in [2.05, 4.69) is 4.98 Å². The number of nitro groups is 2. The lowest BCUT2D eigenvalue weighted by Crippen LogP contribution is -2.21. The van der Waals surface area contributed by atoms with Crippen molar-refractivity contribution < 1.29 is 9.85 Å². The third-order valence-corrected chi connectivity index (χ3v) is 3.77. The monoisotopic (exact) mass is 341 g/mol. The Morgan fingerprint density at radius 1 is 1.04 bits per heavy atom. The third kappa shape index (κ3) is 2.65. The summed E-state index contributed by atoms with van der Waals surface area (Å²) in [5.74, 6) is 0. The number of aromatic nitrogens is 2. The Hall–Kier alpha value is -3.82. The van der Waals surface area contributed by atoms with E-state index in [-0.39, 0.29) is 33.8 Å². The first-order chi connectivity index (χ1) is 11.8. The van der Waals surface area contributed by atoms with Crippen molar-refractivity contribution in [2.45, 2.75) is 0 Å². The lowest BCUT2D eigenvalue weighted by atomic mass is 10.1. The van der Waals surface area contributed by atoms with Crippen LogP contribution in [0.3, 0.4) is 0 Å². The molecule has 1 aromatic heterocycles. The van der Waals surface area contributed by atoms with Crippen LogP contribution in [-0.4, -0.2) is 19.4 Å². The van der Waals surface area contributed by atoms with Crippen LogP contribution in [0.1, 0.15) is 0 Å². The van der Waals surface area contributed by atoms with E-state index in [4.69, 9.17) is 5.73 Å². The Morgan fingerprint density at radius 2 is 1.64 bits per heavy atom. The summed E-state index contributed by atoms with van der Waals surface area (Å²) in [4.78, 5) is 37.5. The second kappa shape index (κ2) is 5.67. The van der Waals surface area contributed by atoms with Crippen molar-refractivity contribution in [3.8, 4) is 11.3 Å². The first kappa shape index (κ1) is 16.1. The summed E-state index contributed by atoms with van der Waals surface area (Å²) in [7, 11) is 1.48. The van der Waals surface area contributed by atoms with Gasteiger partial charge >= 0.3 is 0 Å². The summed E-state index contributed by atoms with van der Waals surface area (Å²) in [6, 6.07) is 7.60. The van der Waals surface area contributed by atoms with Crippen LogP contribution in [0.15, 0.2) is 41.2 Å². The molecule has 0 radical (unpaired) electrons. The van der Waals surface area contributed by atoms with Crippen molar-refractivity contribution in [2.75, 3.05) is 5.73 Å². The van der Waals surface area contributed by atoms with Gasteiger partial charge in [0.1, 0.15) is 5.69 Å². The van der Waals surface area contributed by atoms with Gasteiger partial charge in [-0.15, -0.1) is 0 Å². The van der Waals surface area contributed by atoms with Crippen LogP contribution in [0.5, 0.6) is 0 Å². The number of nitrogen functional groups attached to an aromatic ring is 1. The predicted octanol–water partition coefficient (Wildman–Crippen LogP) is 2.00. The number of non-ortho nitro benzene ring substituents is 2. The van der Waals surface area contributed by atoms with Crippen LogP contribution >= 0.6 is 0 Å². The van der Waals surface area contributed by atoms with Crippen LogP contribution in [0.2, 0.25) is 0 Å². The molecule has 0 atom stereocenters. The number of fused-ring (bicyclic) bond motifs is 1. The fraction of sp³-hybridized carbons (Fsp3) is 0.0667. The van der Waals surface area contributed by atoms with Gasteiger partial charge in [0.2, 0.25) is 0 Å². The van der Waals surface area contributed by atoms with Gasteiger partial charge in [-0.2, -0.15) is 0 Å². The first-order valence-corrected chi connectivity index (χ1v) is 6.99. The van der Waals surface area contributed by atoms with Gasteiger partial charge in [0.25, 0.3) is 16.9 Å². The summed E-state index contributed by atoms with van der Waals surface area (Å²) in [5.41, 5.74) is 5.62. The number of nitrogens with zero attached hydrogens (tertiary/aromatic N) is 4. The maximum atomic E-state index is 12.6. The van der Waals surface area contributed by atoms with E-state index < -0.39 is 15.4 Å². The quantitative estimate of drug-likeness (QED) is 0.435. The van der Waals surface area contributed by atoms with E-state index in [1.807, 2.05) is 0 Å². The molecule has 25 heavy (non-hydrogen) atoms. The van der Waals surface area contributed by atoms with Gasteiger partial charge in [0.05, 0.1) is 20.9 Å². The molecule has 0 fully saturated rings. The van der Waals surface area contributed by atoms with E-state index in [1.165, 1.54) is 41.9 Å². The first-order valence-electron chi connectivity index (χ1n) is 6.99. The maximum absolute atomic E-state index is 12.6. The average Bonchev–Trinajstić information content (AvgIpc) is 2.58. The van der Waals surface area contributed by atoms with Crippen molar-refractivity contribution in [2.24, 2.45) is 7.05 Å². The van der Waals surface area contributed by atoms with Crippen LogP contribution in [0, 0.1) is 20.2 Å². The van der Waals surface area contributed by atoms with E-state index in [0.29, 0.717) is 5.52 Å². The van der Waals surface area contributed by atoms with Gasteiger partial charge in [0, 0.05) is 42.6 Å². The number of hydrogen-bond donors (Lipinski definition) is 1. The fourth-order valence-electron chi connectivity index (χ4n) is 2.47. The van der Waals surface area contributed by atoms with Crippen molar-refractivity contribution in [1.82, 2.24) is 9.55 Å². The molecule has 2 N–H and O–H groups in total. The normalized spacial score (nSPS) is 10.8. The molecule has 0 aliphatic carbocycles. The highest BCUT2D eigenvalue weighted by atomic mass is 16.6. The predicted molar refractivity (Wildman–Crippen MR) is 90.1 cm³/mol. The van der Waals surface area contributed by atoms with E-state index >= 15 is 0 Å². The molecule has 10 heteroatoms. The maximum Gasteiger partial charge on any atom is 0.277 e. The van der Waals surface area contributed by atoms with Gasteiger partial charge in [-0.05, 0) is 12.1 Å². The highest BCUT2D eigenvalue weighted by Gasteiger charge is 2.18. The number of anilines is 1. The molecule has 10 nitrogen and oxygen atoms in total. The number of nitrogens with two attached hydrogens (primary N) is 1. The molecule has 3 rings (SSSR count). The summed E-state index contributed by atoms with van der Waals surface area (Å²) in [6.07, 6.45) is 0. The Morgan fingerprint density at radius 3 is 2.28 bits per heavy atom. The highest BCUT2D eigenvalue weighted by Crippen LogP contribution is 2.28. The highest BCUT2D eigenvalue weighted by molar-refractivity contribution is 5.83. The molecule has 126 valence electrons. The number of benzene rings is 2. The molecule has 0 saturated carbocycles. The number of rotatable bonds is 3. The molecular weight excluding hydrogens is 330 g/mol.